The van der Waals surface area contributed by atoms with Crippen molar-refractivity contribution in [3.63, 3.8) is 0 Å². The van der Waals surface area contributed by atoms with Crippen LogP contribution in [0.4, 0.5) is 0 Å². The molecule has 2 aromatic carbocycles. The molecule has 0 atom stereocenters. The average molecular weight is 357 g/mol. The van der Waals surface area contributed by atoms with Gasteiger partial charge in [0, 0.05) is 11.1 Å². The third kappa shape index (κ3) is 4.13. The fourth-order valence-corrected chi connectivity index (χ4v) is 2.33. The van der Waals surface area contributed by atoms with E-state index >= 15 is 0 Å². The van der Waals surface area contributed by atoms with Crippen molar-refractivity contribution in [2.45, 2.75) is 0 Å². The van der Waals surface area contributed by atoms with Crippen LogP contribution in [0.25, 0.3) is 6.08 Å². The summed E-state index contributed by atoms with van der Waals surface area (Å²) in [4.78, 5) is 23.8. The van der Waals surface area contributed by atoms with Gasteiger partial charge in [-0.05, 0) is 30.3 Å². The highest BCUT2D eigenvalue weighted by molar-refractivity contribution is 6.03. The molecule has 0 aliphatic rings. The number of rotatable bonds is 7. The van der Waals surface area contributed by atoms with Crippen LogP contribution < -0.4 is 19.5 Å². The van der Waals surface area contributed by atoms with Gasteiger partial charge in [0.15, 0.2) is 11.5 Å². The largest absolute Gasteiger partial charge is 0.493 e. The van der Waals surface area contributed by atoms with Gasteiger partial charge in [-0.15, -0.1) is 0 Å². The van der Waals surface area contributed by atoms with Crippen LogP contribution in [0.1, 0.15) is 15.9 Å². The number of ether oxygens (including phenoxy) is 3. The zero-order chi connectivity index (χ0) is 19.1. The lowest BCUT2D eigenvalue weighted by atomic mass is 10.1. The molecule has 0 fully saturated rings. The first-order chi connectivity index (χ1) is 12.5. The summed E-state index contributed by atoms with van der Waals surface area (Å²) in [5, 5.41) is 11.8. The molecule has 0 spiro atoms. The molecule has 136 valence electrons. The van der Waals surface area contributed by atoms with Gasteiger partial charge >= 0.3 is 5.97 Å². The Balaban J connectivity index is 2.43. The van der Waals surface area contributed by atoms with Crippen LogP contribution >= 0.6 is 0 Å². The van der Waals surface area contributed by atoms with Crippen molar-refractivity contribution in [1.82, 2.24) is 5.32 Å². The number of carboxylic acid groups (broad SMARTS) is 1. The number of carbonyl (C=O) groups is 2. The normalized spacial score (nSPS) is 10.8. The van der Waals surface area contributed by atoms with E-state index in [1.807, 2.05) is 0 Å². The molecule has 26 heavy (non-hydrogen) atoms. The van der Waals surface area contributed by atoms with E-state index in [-0.39, 0.29) is 5.70 Å². The first-order valence-electron chi connectivity index (χ1n) is 7.62. The molecule has 2 rings (SSSR count). The SMILES string of the molecule is COc1ccc(/C=C(\NC(=O)c2ccccc2)C(=O)O)c(OC)c1OC. The Labute approximate surface area is 150 Å². The molecule has 0 aliphatic heterocycles. The van der Waals surface area contributed by atoms with Gasteiger partial charge in [-0.2, -0.15) is 0 Å². The number of aliphatic carboxylic acids is 1. The minimum Gasteiger partial charge on any atom is -0.493 e. The summed E-state index contributed by atoms with van der Waals surface area (Å²) in [6.07, 6.45) is 1.30. The summed E-state index contributed by atoms with van der Waals surface area (Å²) < 4.78 is 15.8. The third-order valence-corrected chi connectivity index (χ3v) is 3.55. The maximum Gasteiger partial charge on any atom is 0.352 e. The van der Waals surface area contributed by atoms with Crippen molar-refractivity contribution in [2.24, 2.45) is 0 Å². The van der Waals surface area contributed by atoms with Gasteiger partial charge in [0.05, 0.1) is 21.3 Å². The first kappa shape index (κ1) is 18.9. The van der Waals surface area contributed by atoms with Crippen molar-refractivity contribution >= 4 is 18.0 Å². The molecule has 0 saturated carbocycles. The van der Waals surface area contributed by atoms with Crippen LogP contribution in [0.3, 0.4) is 0 Å². The van der Waals surface area contributed by atoms with Crippen LogP contribution in [-0.2, 0) is 4.79 Å². The van der Waals surface area contributed by atoms with E-state index in [1.165, 1.54) is 27.4 Å². The lowest BCUT2D eigenvalue weighted by Gasteiger charge is -2.14. The molecule has 7 heteroatoms. The molecule has 1 amide bonds. The van der Waals surface area contributed by atoms with E-state index in [2.05, 4.69) is 5.32 Å². The van der Waals surface area contributed by atoms with Gasteiger partial charge < -0.3 is 24.6 Å². The number of methoxy groups -OCH3 is 3. The number of hydrogen-bond donors (Lipinski definition) is 2. The monoisotopic (exact) mass is 357 g/mol. The summed E-state index contributed by atoms with van der Waals surface area (Å²) >= 11 is 0. The van der Waals surface area contributed by atoms with Gasteiger partial charge in [-0.3, -0.25) is 4.79 Å². The van der Waals surface area contributed by atoms with Gasteiger partial charge in [0.1, 0.15) is 5.70 Å². The minimum absolute atomic E-state index is 0.291. The summed E-state index contributed by atoms with van der Waals surface area (Å²) in [5.74, 6) is -0.765. The lowest BCUT2D eigenvalue weighted by molar-refractivity contribution is -0.132. The number of carbonyl (C=O) groups excluding carboxylic acids is 1. The van der Waals surface area contributed by atoms with Crippen molar-refractivity contribution in [3.8, 4) is 17.2 Å². The number of benzene rings is 2. The highest BCUT2D eigenvalue weighted by Gasteiger charge is 2.18. The molecular formula is C19H19NO6. The topological polar surface area (TPSA) is 94.1 Å². The maximum absolute atomic E-state index is 12.2. The molecule has 0 radical (unpaired) electrons. The Morgan fingerprint density at radius 2 is 1.58 bits per heavy atom. The maximum atomic E-state index is 12.2. The van der Waals surface area contributed by atoms with E-state index in [0.717, 1.165) is 0 Å². The molecule has 2 N–H and O–H groups in total. The Hall–Kier alpha value is -3.48. The van der Waals surface area contributed by atoms with Crippen LogP contribution in [-0.4, -0.2) is 38.3 Å². The van der Waals surface area contributed by atoms with Gasteiger partial charge in [0.2, 0.25) is 5.75 Å². The number of nitrogens with one attached hydrogen (secondary N) is 1. The van der Waals surface area contributed by atoms with Crippen LogP contribution in [0, 0.1) is 0 Å². The van der Waals surface area contributed by atoms with Crippen LogP contribution in [0.15, 0.2) is 48.2 Å². The first-order valence-corrected chi connectivity index (χ1v) is 7.62. The fraction of sp³-hybridized carbons (Fsp3) is 0.158. The summed E-state index contributed by atoms with van der Waals surface area (Å²) in [5.41, 5.74) is 0.458. The highest BCUT2D eigenvalue weighted by Crippen LogP contribution is 2.40. The van der Waals surface area contributed by atoms with Gasteiger partial charge in [-0.25, -0.2) is 4.79 Å². The zero-order valence-electron chi connectivity index (χ0n) is 14.6. The molecule has 0 aliphatic carbocycles. The molecule has 0 bridgehead atoms. The molecule has 0 heterocycles. The summed E-state index contributed by atoms with van der Waals surface area (Å²) in [6, 6.07) is 11.5. The summed E-state index contributed by atoms with van der Waals surface area (Å²) in [7, 11) is 4.36. The lowest BCUT2D eigenvalue weighted by Crippen LogP contribution is -2.27. The predicted molar refractivity (Wildman–Crippen MR) is 95.6 cm³/mol. The fourth-order valence-electron chi connectivity index (χ4n) is 2.33. The third-order valence-electron chi connectivity index (χ3n) is 3.55. The Morgan fingerprint density at radius 1 is 0.923 bits per heavy atom. The second-order valence-electron chi connectivity index (χ2n) is 5.11. The van der Waals surface area contributed by atoms with E-state index in [1.54, 1.807) is 42.5 Å². The molecule has 2 aromatic rings. The highest BCUT2D eigenvalue weighted by atomic mass is 16.5. The van der Waals surface area contributed by atoms with Gasteiger partial charge in [0.25, 0.3) is 5.91 Å². The number of amides is 1. The molecule has 0 unspecified atom stereocenters. The van der Waals surface area contributed by atoms with E-state index in [9.17, 15) is 14.7 Å². The van der Waals surface area contributed by atoms with Crippen LogP contribution in [0.2, 0.25) is 0 Å². The second kappa shape index (κ2) is 8.57. The van der Waals surface area contributed by atoms with Crippen molar-refractivity contribution in [2.75, 3.05) is 21.3 Å². The number of hydrogen-bond acceptors (Lipinski definition) is 5. The van der Waals surface area contributed by atoms with E-state index in [0.29, 0.717) is 28.4 Å². The molecule has 7 nitrogen and oxygen atoms in total. The van der Waals surface area contributed by atoms with Gasteiger partial charge in [-0.1, -0.05) is 18.2 Å². The predicted octanol–water partition coefficient (Wildman–Crippen LogP) is 2.57. The second-order valence-corrected chi connectivity index (χ2v) is 5.11. The smallest absolute Gasteiger partial charge is 0.352 e. The Morgan fingerprint density at radius 3 is 2.12 bits per heavy atom. The summed E-state index contributed by atoms with van der Waals surface area (Å²) in [6.45, 7) is 0. The Kier molecular flexibility index (Phi) is 6.21. The Bertz CT molecular complexity index is 829. The van der Waals surface area contributed by atoms with E-state index < -0.39 is 11.9 Å². The average Bonchev–Trinajstić information content (AvgIpc) is 2.67. The zero-order valence-corrected chi connectivity index (χ0v) is 14.6. The van der Waals surface area contributed by atoms with E-state index in [4.69, 9.17) is 14.2 Å². The molecule has 0 aromatic heterocycles. The number of carboxylic acids is 1. The van der Waals surface area contributed by atoms with Crippen molar-refractivity contribution < 1.29 is 28.9 Å². The molecule has 0 saturated heterocycles. The van der Waals surface area contributed by atoms with Crippen molar-refractivity contribution in [3.05, 3.63) is 59.3 Å². The van der Waals surface area contributed by atoms with Crippen LogP contribution in [0.5, 0.6) is 17.2 Å². The standard InChI is InChI=1S/C19H19NO6/c1-24-15-10-9-13(16(25-2)17(15)26-3)11-14(19(22)23)20-18(21)12-7-5-4-6-8-12/h4-11H,1-3H3,(H,20,21)(H,22,23)/b14-11-. The minimum atomic E-state index is -1.29. The van der Waals surface area contributed by atoms with Crippen molar-refractivity contribution in [1.29, 1.82) is 0 Å². The molecular weight excluding hydrogens is 338 g/mol. The quantitative estimate of drug-likeness (QED) is 0.740.